The zero-order valence-corrected chi connectivity index (χ0v) is 21.7. The maximum atomic E-state index is 12.2. The van der Waals surface area contributed by atoms with E-state index in [1.165, 1.54) is 12.8 Å². The van der Waals surface area contributed by atoms with Gasteiger partial charge in [0.1, 0.15) is 24.1 Å². The van der Waals surface area contributed by atoms with Crippen molar-refractivity contribution in [3.8, 4) is 11.5 Å². The summed E-state index contributed by atoms with van der Waals surface area (Å²) in [6, 6.07) is 7.48. The van der Waals surface area contributed by atoms with Gasteiger partial charge >= 0.3 is 13.8 Å². The van der Waals surface area contributed by atoms with Crippen LogP contribution in [0.15, 0.2) is 24.3 Å². The molecule has 0 saturated heterocycles. The van der Waals surface area contributed by atoms with Gasteiger partial charge in [0.15, 0.2) is 0 Å². The Morgan fingerprint density at radius 3 is 2.09 bits per heavy atom. The van der Waals surface area contributed by atoms with Crippen LogP contribution in [0.5, 0.6) is 11.5 Å². The van der Waals surface area contributed by atoms with Gasteiger partial charge in [-0.1, -0.05) is 32.3 Å². The van der Waals surface area contributed by atoms with Crippen LogP contribution in [0.3, 0.4) is 0 Å². The first-order valence-electron chi connectivity index (χ1n) is 11.5. The average Bonchev–Trinajstić information content (AvgIpc) is 2.68. The van der Waals surface area contributed by atoms with E-state index in [1.54, 1.807) is 0 Å². The lowest BCUT2D eigenvalue weighted by atomic mass is 10.2. The fourth-order valence-corrected chi connectivity index (χ4v) is 4.04. The van der Waals surface area contributed by atoms with Crippen LogP contribution in [-0.2, 0) is 18.4 Å². The Balaban J connectivity index is 0.0000109. The molecular formula is C23H42NO9P. The van der Waals surface area contributed by atoms with E-state index in [1.807, 2.05) is 45.4 Å². The van der Waals surface area contributed by atoms with Crippen LogP contribution in [0, 0.1) is 0 Å². The average molecular weight is 508 g/mol. The van der Waals surface area contributed by atoms with Gasteiger partial charge in [-0.15, -0.1) is 0 Å². The van der Waals surface area contributed by atoms with Crippen molar-refractivity contribution in [1.82, 2.24) is 0 Å². The molecular weight excluding hydrogens is 465 g/mol. The van der Waals surface area contributed by atoms with E-state index < -0.39 is 19.9 Å². The number of rotatable bonds is 19. The molecule has 0 heterocycles. The highest BCUT2D eigenvalue weighted by Crippen LogP contribution is 2.45. The zero-order chi connectivity index (χ0) is 24.7. The van der Waals surface area contributed by atoms with Gasteiger partial charge in [-0.05, 0) is 31.4 Å². The summed E-state index contributed by atoms with van der Waals surface area (Å²) < 4.78 is 34.2. The van der Waals surface area contributed by atoms with Crippen LogP contribution in [0.25, 0.3) is 0 Å². The fourth-order valence-electron chi connectivity index (χ4n) is 3.11. The minimum absolute atomic E-state index is 0. The number of hydrogen-bond acceptors (Lipinski definition) is 7. The summed E-state index contributed by atoms with van der Waals surface area (Å²) in [4.78, 5) is 21.0. The monoisotopic (exact) mass is 507 g/mol. The molecule has 11 heteroatoms. The van der Waals surface area contributed by atoms with Gasteiger partial charge in [-0.3, -0.25) is 13.8 Å². The third kappa shape index (κ3) is 16.9. The highest BCUT2D eigenvalue weighted by molar-refractivity contribution is 7.47. The van der Waals surface area contributed by atoms with Gasteiger partial charge in [0.05, 0.1) is 47.4 Å². The molecule has 2 atom stereocenters. The predicted molar refractivity (Wildman–Crippen MR) is 129 cm³/mol. The summed E-state index contributed by atoms with van der Waals surface area (Å²) in [5.74, 6) is 0.377. The van der Waals surface area contributed by atoms with Crippen molar-refractivity contribution in [1.29, 1.82) is 0 Å². The second-order valence-corrected chi connectivity index (χ2v) is 10.4. The number of phosphoric acid groups is 1. The van der Waals surface area contributed by atoms with Gasteiger partial charge < -0.3 is 29.4 Å². The molecule has 0 aliphatic heterocycles. The lowest BCUT2D eigenvalue weighted by Crippen LogP contribution is -2.42. The molecule has 0 fully saturated rings. The fraction of sp³-hybridized carbons (Fsp3) is 0.696. The van der Waals surface area contributed by atoms with Crippen molar-refractivity contribution in [3.05, 3.63) is 24.3 Å². The van der Waals surface area contributed by atoms with E-state index in [0.717, 1.165) is 18.6 Å². The molecule has 10 nitrogen and oxygen atoms in total. The van der Waals surface area contributed by atoms with E-state index in [9.17, 15) is 14.3 Å². The molecule has 0 spiro atoms. The number of carboxylic acid groups (broad SMARTS) is 1. The molecule has 198 valence electrons. The summed E-state index contributed by atoms with van der Waals surface area (Å²) in [6.45, 7) is 3.54. The summed E-state index contributed by atoms with van der Waals surface area (Å²) >= 11 is 0. The Bertz CT molecular complexity index is 739. The molecule has 0 aromatic heterocycles. The SMILES string of the molecule is CCCCCCOc1cccc(OCCCCOP(=O)(O)OC(CC(=O)O)C[N+](C)(C)C)c1.[OH-]. The molecule has 34 heavy (non-hydrogen) atoms. The predicted octanol–water partition coefficient (Wildman–Crippen LogP) is 4.31. The Morgan fingerprint density at radius 2 is 1.56 bits per heavy atom. The summed E-state index contributed by atoms with van der Waals surface area (Å²) in [6.07, 6.45) is 4.40. The number of quaternary nitrogens is 1. The quantitative estimate of drug-likeness (QED) is 0.159. The van der Waals surface area contributed by atoms with Crippen molar-refractivity contribution in [3.63, 3.8) is 0 Å². The smallest absolute Gasteiger partial charge is 0.472 e. The van der Waals surface area contributed by atoms with Gasteiger partial charge in [-0.25, -0.2) is 4.57 Å². The zero-order valence-electron chi connectivity index (χ0n) is 20.9. The summed E-state index contributed by atoms with van der Waals surface area (Å²) in [5.41, 5.74) is 0. The molecule has 0 aliphatic carbocycles. The van der Waals surface area contributed by atoms with Gasteiger partial charge in [0.2, 0.25) is 0 Å². The molecule has 0 bridgehead atoms. The third-order valence-corrected chi connectivity index (χ3v) is 5.64. The standard InChI is InChI=1S/C23H40NO8P.H2O/c1-5-6-7-8-14-29-20-12-11-13-21(17-20)30-15-9-10-16-31-33(27,28)32-22(18-23(25)26)19-24(2,3)4;/h11-13,17,22H,5-10,14-16,18-19H2,1-4H3,(H-,25,26,27,28);1H2. The second kappa shape index (κ2) is 16.9. The first-order valence-corrected chi connectivity index (χ1v) is 13.0. The molecule has 0 saturated carbocycles. The number of likely N-dealkylation sites (N-methyl/N-ethyl adjacent to an activating group) is 1. The normalized spacial score (nSPS) is 14.0. The Morgan fingerprint density at radius 1 is 1.00 bits per heavy atom. The lowest BCUT2D eigenvalue weighted by molar-refractivity contribution is -0.873. The molecule has 1 aromatic rings. The number of ether oxygens (including phenoxy) is 2. The van der Waals surface area contributed by atoms with Gasteiger partial charge in [0.25, 0.3) is 0 Å². The van der Waals surface area contributed by atoms with Crippen LogP contribution >= 0.6 is 7.82 Å². The maximum absolute atomic E-state index is 12.2. The Hall–Kier alpha value is -1.68. The number of nitrogens with zero attached hydrogens (tertiary/aromatic N) is 1. The molecule has 0 radical (unpaired) electrons. The largest absolute Gasteiger partial charge is 0.870 e. The van der Waals surface area contributed by atoms with E-state index in [0.29, 0.717) is 36.3 Å². The minimum atomic E-state index is -4.35. The van der Waals surface area contributed by atoms with Crippen molar-refractivity contribution in [2.45, 2.75) is 58.0 Å². The Kier molecular flexibility index (Phi) is 16.0. The highest BCUT2D eigenvalue weighted by atomic mass is 31.2. The van der Waals surface area contributed by atoms with Crippen molar-refractivity contribution in [2.75, 3.05) is 47.5 Å². The first-order chi connectivity index (χ1) is 15.5. The van der Waals surface area contributed by atoms with Crippen molar-refractivity contribution >= 4 is 13.8 Å². The van der Waals surface area contributed by atoms with Gasteiger partial charge in [0, 0.05) is 6.07 Å². The molecule has 1 aromatic carbocycles. The van der Waals surface area contributed by atoms with Crippen molar-refractivity contribution < 1.29 is 47.8 Å². The van der Waals surface area contributed by atoms with Crippen molar-refractivity contribution in [2.24, 2.45) is 0 Å². The van der Waals surface area contributed by atoms with Gasteiger partial charge in [-0.2, -0.15) is 0 Å². The summed E-state index contributed by atoms with van der Waals surface area (Å²) in [7, 11) is 1.18. The molecule has 3 N–H and O–H groups in total. The van der Waals surface area contributed by atoms with Crippen LogP contribution in [0.1, 0.15) is 51.9 Å². The number of aliphatic carboxylic acids is 1. The van der Waals surface area contributed by atoms with Crippen LogP contribution in [-0.4, -0.2) is 79.5 Å². The number of unbranched alkanes of at least 4 members (excludes halogenated alkanes) is 4. The highest BCUT2D eigenvalue weighted by Gasteiger charge is 2.31. The molecule has 0 amide bonds. The number of carbonyl (C=O) groups is 1. The minimum Gasteiger partial charge on any atom is -0.870 e. The van der Waals surface area contributed by atoms with E-state index >= 15 is 0 Å². The summed E-state index contributed by atoms with van der Waals surface area (Å²) in [5, 5.41) is 9.01. The molecule has 1 rings (SSSR count). The Labute approximate surface area is 203 Å². The van der Waals surface area contributed by atoms with Crippen LogP contribution < -0.4 is 9.47 Å². The topological polar surface area (TPSA) is 142 Å². The van der Waals surface area contributed by atoms with Crippen LogP contribution in [0.4, 0.5) is 0 Å². The number of carboxylic acids is 1. The second-order valence-electron chi connectivity index (χ2n) is 9.04. The first kappa shape index (κ1) is 32.3. The molecule has 2 unspecified atom stereocenters. The number of hydrogen-bond donors (Lipinski definition) is 2. The van der Waals surface area contributed by atoms with Crippen LogP contribution in [0.2, 0.25) is 0 Å². The van der Waals surface area contributed by atoms with E-state index in [-0.39, 0.29) is 25.0 Å². The third-order valence-electron chi connectivity index (χ3n) is 4.57. The van der Waals surface area contributed by atoms with E-state index in [4.69, 9.17) is 23.6 Å². The lowest BCUT2D eigenvalue weighted by Gasteiger charge is -2.29. The molecule has 0 aliphatic rings. The van der Waals surface area contributed by atoms with E-state index in [2.05, 4.69) is 6.92 Å². The number of phosphoric ester groups is 1. The maximum Gasteiger partial charge on any atom is 0.472 e. The number of benzene rings is 1.